The Labute approximate surface area is 179 Å². The molecule has 2 aromatic carbocycles. The van der Waals surface area contributed by atoms with Gasteiger partial charge in [0.05, 0.1) is 13.2 Å². The zero-order valence-corrected chi connectivity index (χ0v) is 18.4. The molecule has 2 rings (SSSR count). The van der Waals surface area contributed by atoms with Crippen molar-refractivity contribution < 1.29 is 19.1 Å². The van der Waals surface area contributed by atoms with Gasteiger partial charge in [-0.2, -0.15) is 0 Å². The largest absolute Gasteiger partial charge is 0.467 e. The predicted octanol–water partition coefficient (Wildman–Crippen LogP) is 4.21. The Hall–Kier alpha value is -2.86. The highest BCUT2D eigenvalue weighted by Crippen LogP contribution is 2.22. The molecule has 6 heteroatoms. The Morgan fingerprint density at radius 2 is 1.40 bits per heavy atom. The van der Waals surface area contributed by atoms with Crippen molar-refractivity contribution in [1.82, 2.24) is 10.6 Å². The number of benzene rings is 2. The van der Waals surface area contributed by atoms with Gasteiger partial charge in [-0.3, -0.25) is 0 Å². The quantitative estimate of drug-likeness (QED) is 0.635. The molecule has 0 saturated carbocycles. The van der Waals surface area contributed by atoms with E-state index in [1.54, 1.807) is 27.7 Å². The maximum absolute atomic E-state index is 12.4. The van der Waals surface area contributed by atoms with E-state index in [2.05, 4.69) is 34.9 Å². The molecule has 0 saturated heterocycles. The molecule has 0 bridgehead atoms. The fourth-order valence-corrected chi connectivity index (χ4v) is 3.16. The number of carbonyl (C=O) groups excluding carboxylic acids is 2. The average molecular weight is 413 g/mol. The molecule has 0 radical (unpaired) electrons. The molecule has 0 spiro atoms. The first-order valence-electron chi connectivity index (χ1n) is 10.1. The van der Waals surface area contributed by atoms with Crippen LogP contribution in [-0.4, -0.2) is 36.9 Å². The van der Waals surface area contributed by atoms with Crippen LogP contribution in [0.3, 0.4) is 0 Å². The van der Waals surface area contributed by atoms with Crippen molar-refractivity contribution in [1.29, 1.82) is 0 Å². The van der Waals surface area contributed by atoms with Crippen molar-refractivity contribution in [3.63, 3.8) is 0 Å². The zero-order valence-electron chi connectivity index (χ0n) is 18.4. The van der Waals surface area contributed by atoms with E-state index in [9.17, 15) is 9.59 Å². The second kappa shape index (κ2) is 10.3. The lowest BCUT2D eigenvalue weighted by Gasteiger charge is -2.30. The molecule has 2 aromatic rings. The topological polar surface area (TPSA) is 76.7 Å². The van der Waals surface area contributed by atoms with Crippen molar-refractivity contribution in [2.45, 2.75) is 51.3 Å². The summed E-state index contributed by atoms with van der Waals surface area (Å²) in [6.07, 6.45) is -0.326. The van der Waals surface area contributed by atoms with Gasteiger partial charge in [0.1, 0.15) is 11.1 Å². The van der Waals surface area contributed by atoms with Crippen molar-refractivity contribution in [3.05, 3.63) is 71.8 Å². The Balaban J connectivity index is 2.13. The number of carbonyl (C=O) groups is 2. The first kappa shape index (κ1) is 23.4. The van der Waals surface area contributed by atoms with Crippen LogP contribution in [0.5, 0.6) is 0 Å². The van der Waals surface area contributed by atoms with Crippen molar-refractivity contribution >= 4 is 12.1 Å². The van der Waals surface area contributed by atoms with E-state index in [4.69, 9.17) is 9.47 Å². The molecule has 0 aliphatic heterocycles. The van der Waals surface area contributed by atoms with E-state index < -0.39 is 23.2 Å². The van der Waals surface area contributed by atoms with Crippen molar-refractivity contribution in [3.8, 4) is 0 Å². The first-order valence-corrected chi connectivity index (χ1v) is 10.1. The van der Waals surface area contributed by atoms with Gasteiger partial charge in [0.2, 0.25) is 0 Å². The molecule has 0 aliphatic rings. The van der Waals surface area contributed by atoms with Gasteiger partial charge in [0, 0.05) is 0 Å². The Kier molecular flexibility index (Phi) is 8.00. The minimum atomic E-state index is -1.22. The minimum absolute atomic E-state index is 0.0455. The fraction of sp³-hybridized carbons (Fsp3) is 0.417. The fourth-order valence-electron chi connectivity index (χ4n) is 3.16. The number of ether oxygens (including phenoxy) is 2. The molecule has 1 atom stereocenters. The molecular weight excluding hydrogens is 380 g/mol. The van der Waals surface area contributed by atoms with Gasteiger partial charge in [-0.1, -0.05) is 60.7 Å². The Morgan fingerprint density at radius 1 is 0.900 bits per heavy atom. The third-order valence-corrected chi connectivity index (χ3v) is 4.65. The second-order valence-corrected chi connectivity index (χ2v) is 8.41. The van der Waals surface area contributed by atoms with E-state index in [-0.39, 0.29) is 6.04 Å². The predicted molar refractivity (Wildman–Crippen MR) is 117 cm³/mol. The summed E-state index contributed by atoms with van der Waals surface area (Å²) in [4.78, 5) is 24.7. The summed E-state index contributed by atoms with van der Waals surface area (Å²) in [6, 6.07) is 20.1. The number of methoxy groups -OCH3 is 1. The molecule has 30 heavy (non-hydrogen) atoms. The van der Waals surface area contributed by atoms with Crippen LogP contribution in [0.4, 0.5) is 4.79 Å². The minimum Gasteiger partial charge on any atom is -0.467 e. The van der Waals surface area contributed by atoms with Crippen LogP contribution in [0, 0.1) is 0 Å². The van der Waals surface area contributed by atoms with Gasteiger partial charge in [-0.15, -0.1) is 0 Å². The summed E-state index contributed by atoms with van der Waals surface area (Å²) in [7, 11) is 1.31. The molecule has 1 amide bonds. The molecule has 0 fully saturated rings. The number of amides is 1. The van der Waals surface area contributed by atoms with Crippen LogP contribution in [0.15, 0.2) is 60.7 Å². The van der Waals surface area contributed by atoms with Crippen LogP contribution in [0.1, 0.15) is 51.3 Å². The number of esters is 1. The van der Waals surface area contributed by atoms with Crippen molar-refractivity contribution in [2.75, 3.05) is 13.7 Å². The normalized spacial score (nSPS) is 13.4. The van der Waals surface area contributed by atoms with E-state index in [0.717, 1.165) is 11.1 Å². The average Bonchev–Trinajstić information content (AvgIpc) is 2.70. The molecule has 1 unspecified atom stereocenters. The van der Waals surface area contributed by atoms with Gasteiger partial charge < -0.3 is 20.1 Å². The summed E-state index contributed by atoms with van der Waals surface area (Å²) in [5.74, 6) is -0.522. The van der Waals surface area contributed by atoms with Gasteiger partial charge in [-0.25, -0.2) is 9.59 Å². The summed E-state index contributed by atoms with van der Waals surface area (Å²) >= 11 is 0. The van der Waals surface area contributed by atoms with Crippen LogP contribution < -0.4 is 10.6 Å². The summed E-state index contributed by atoms with van der Waals surface area (Å²) < 4.78 is 10.3. The van der Waals surface area contributed by atoms with E-state index in [0.29, 0.717) is 13.0 Å². The van der Waals surface area contributed by atoms with Crippen molar-refractivity contribution in [2.24, 2.45) is 0 Å². The smallest absolute Gasteiger partial charge is 0.408 e. The van der Waals surface area contributed by atoms with Crippen LogP contribution in [-0.2, 0) is 14.3 Å². The van der Waals surface area contributed by atoms with E-state index >= 15 is 0 Å². The molecule has 162 valence electrons. The number of rotatable bonds is 8. The monoisotopic (exact) mass is 412 g/mol. The summed E-state index contributed by atoms with van der Waals surface area (Å²) in [5, 5.41) is 6.19. The third-order valence-electron chi connectivity index (χ3n) is 4.65. The Bertz CT molecular complexity index is 779. The lowest BCUT2D eigenvalue weighted by Crippen LogP contribution is -2.55. The zero-order chi connectivity index (χ0) is 22.2. The maximum atomic E-state index is 12.4. The van der Waals surface area contributed by atoms with Gasteiger partial charge >= 0.3 is 12.1 Å². The van der Waals surface area contributed by atoms with Gasteiger partial charge in [-0.05, 0) is 51.8 Å². The molecule has 6 nitrogen and oxygen atoms in total. The Morgan fingerprint density at radius 3 is 1.83 bits per heavy atom. The lowest BCUT2D eigenvalue weighted by molar-refractivity contribution is -0.148. The van der Waals surface area contributed by atoms with Gasteiger partial charge in [0.25, 0.3) is 0 Å². The molecule has 0 aliphatic carbocycles. The van der Waals surface area contributed by atoms with Gasteiger partial charge in [0.15, 0.2) is 0 Å². The summed E-state index contributed by atoms with van der Waals surface area (Å²) in [6.45, 7) is 7.43. The molecule has 0 aromatic heterocycles. The van der Waals surface area contributed by atoms with Crippen LogP contribution >= 0.6 is 0 Å². The van der Waals surface area contributed by atoms with Crippen LogP contribution in [0.2, 0.25) is 0 Å². The first-order chi connectivity index (χ1) is 14.1. The second-order valence-electron chi connectivity index (χ2n) is 8.41. The number of hydrogen-bond acceptors (Lipinski definition) is 5. The highest BCUT2D eigenvalue weighted by molar-refractivity contribution is 5.85. The van der Waals surface area contributed by atoms with E-state index in [1.165, 1.54) is 7.11 Å². The standard InChI is InChI=1S/C24H32N2O4/c1-23(2,3)30-22(28)26-24(4,21(27)29-5)16-17-25-20(18-12-8-6-9-13-18)19-14-10-7-11-15-19/h6-15,20,25H,16-17H2,1-5H3,(H,26,28). The number of nitrogens with one attached hydrogen (secondary N) is 2. The van der Waals surface area contributed by atoms with Crippen LogP contribution in [0.25, 0.3) is 0 Å². The molecule has 0 heterocycles. The van der Waals surface area contributed by atoms with E-state index in [1.807, 2.05) is 36.4 Å². The third kappa shape index (κ3) is 6.88. The number of alkyl carbamates (subject to hydrolysis) is 1. The maximum Gasteiger partial charge on any atom is 0.408 e. The molecule has 2 N–H and O–H groups in total. The molecular formula is C24H32N2O4. The highest BCUT2D eigenvalue weighted by atomic mass is 16.6. The summed E-state index contributed by atoms with van der Waals surface area (Å²) in [5.41, 5.74) is 0.347. The SMILES string of the molecule is COC(=O)C(C)(CCNC(c1ccccc1)c1ccccc1)NC(=O)OC(C)(C)C. The number of hydrogen-bond donors (Lipinski definition) is 2. The highest BCUT2D eigenvalue weighted by Gasteiger charge is 2.37. The lowest BCUT2D eigenvalue weighted by atomic mass is 9.95.